The van der Waals surface area contributed by atoms with E-state index >= 15 is 0 Å². The first-order valence-corrected chi connectivity index (χ1v) is 13.3. The van der Waals surface area contributed by atoms with Gasteiger partial charge in [-0.05, 0) is 64.5 Å². The number of fused-ring (bicyclic) bond motifs is 3. The molecule has 9 nitrogen and oxygen atoms in total. The number of nitrogens with zero attached hydrogens (tertiary/aromatic N) is 5. The van der Waals surface area contributed by atoms with Crippen LogP contribution >= 0.6 is 11.3 Å². The van der Waals surface area contributed by atoms with Crippen LogP contribution < -0.4 is 16.0 Å². The molecule has 4 aromatic rings. The minimum Gasteiger partial charge on any atom is -0.370 e. The Morgan fingerprint density at radius 2 is 2.00 bits per heavy atom. The molecule has 0 unspecified atom stereocenters. The molecule has 0 bridgehead atoms. The van der Waals surface area contributed by atoms with Crippen LogP contribution in [0.2, 0.25) is 0 Å². The summed E-state index contributed by atoms with van der Waals surface area (Å²) < 4.78 is 2.04. The number of para-hydroxylation sites is 1. The lowest BCUT2D eigenvalue weighted by Crippen LogP contribution is -2.34. The largest absolute Gasteiger partial charge is 0.370 e. The van der Waals surface area contributed by atoms with Gasteiger partial charge in [0.15, 0.2) is 5.13 Å². The van der Waals surface area contributed by atoms with Crippen molar-refractivity contribution in [3.05, 3.63) is 59.4 Å². The van der Waals surface area contributed by atoms with Crippen LogP contribution in [0.15, 0.2) is 42.6 Å². The molecule has 0 aliphatic heterocycles. The average molecular weight is 517 g/mol. The third-order valence-electron chi connectivity index (χ3n) is 6.31. The number of likely N-dealkylation sites (N-methyl/N-ethyl adjacent to an activating group) is 1. The maximum atomic E-state index is 12.4. The Hall–Kier alpha value is -3.76. The van der Waals surface area contributed by atoms with Crippen LogP contribution in [0.3, 0.4) is 0 Å². The lowest BCUT2D eigenvalue weighted by Gasteiger charge is -2.15. The number of carbonyl (C=O) groups is 1. The molecule has 1 aliphatic rings. The van der Waals surface area contributed by atoms with Crippen molar-refractivity contribution in [1.29, 1.82) is 0 Å². The second kappa shape index (κ2) is 10.7. The Balaban J connectivity index is 1.54. The fraction of sp³-hybridized carbons (Fsp3) is 0.333. The van der Waals surface area contributed by atoms with Gasteiger partial charge in [-0.15, -0.1) is 0 Å². The normalized spacial score (nSPS) is 12.2. The molecule has 3 heterocycles. The summed E-state index contributed by atoms with van der Waals surface area (Å²) in [5.41, 5.74) is 7.29. The molecule has 3 aromatic heterocycles. The number of benzene rings is 1. The van der Waals surface area contributed by atoms with E-state index in [0.717, 1.165) is 70.5 Å². The molecule has 10 heteroatoms. The number of pyridine rings is 1. The monoisotopic (exact) mass is 516 g/mol. The highest BCUT2D eigenvalue weighted by Crippen LogP contribution is 2.44. The summed E-state index contributed by atoms with van der Waals surface area (Å²) >= 11 is 1.50. The lowest BCUT2D eigenvalue weighted by molar-refractivity contribution is 0.250. The number of hydrogen-bond donors (Lipinski definition) is 3. The summed E-state index contributed by atoms with van der Waals surface area (Å²) in [6.45, 7) is 6.31. The zero-order chi connectivity index (χ0) is 25.9. The van der Waals surface area contributed by atoms with E-state index in [9.17, 15) is 4.79 Å². The van der Waals surface area contributed by atoms with E-state index in [-0.39, 0.29) is 6.03 Å². The van der Waals surface area contributed by atoms with Gasteiger partial charge in [-0.3, -0.25) is 5.32 Å². The predicted molar refractivity (Wildman–Crippen MR) is 150 cm³/mol. The number of nitrogens with one attached hydrogen (secondary N) is 3. The van der Waals surface area contributed by atoms with Gasteiger partial charge in [0, 0.05) is 37.0 Å². The summed E-state index contributed by atoms with van der Waals surface area (Å²) in [4.78, 5) is 24.9. The number of carbonyl (C=O) groups excluding carboxylic acids is 1. The second-order valence-electron chi connectivity index (χ2n) is 9.32. The topological polar surface area (TPSA) is 100 Å². The first kappa shape index (κ1) is 24.9. The van der Waals surface area contributed by atoms with Crippen LogP contribution in [-0.2, 0) is 12.8 Å². The van der Waals surface area contributed by atoms with Crippen molar-refractivity contribution in [3.63, 3.8) is 0 Å². The third-order valence-corrected chi connectivity index (χ3v) is 7.33. The fourth-order valence-electron chi connectivity index (χ4n) is 4.48. The van der Waals surface area contributed by atoms with Crippen LogP contribution in [0.1, 0.15) is 23.7 Å². The van der Waals surface area contributed by atoms with Gasteiger partial charge >= 0.3 is 6.03 Å². The van der Waals surface area contributed by atoms with Gasteiger partial charge in [0.2, 0.25) is 0 Å². The summed E-state index contributed by atoms with van der Waals surface area (Å²) in [5.74, 6) is 0.850. The highest BCUT2D eigenvalue weighted by atomic mass is 32.1. The highest BCUT2D eigenvalue weighted by Gasteiger charge is 2.30. The van der Waals surface area contributed by atoms with E-state index in [1.165, 1.54) is 16.9 Å². The molecule has 1 aromatic carbocycles. The lowest BCUT2D eigenvalue weighted by atomic mass is 9.95. The van der Waals surface area contributed by atoms with Crippen molar-refractivity contribution in [2.24, 2.45) is 0 Å². The Kier molecular flexibility index (Phi) is 7.20. The molecule has 0 saturated heterocycles. The van der Waals surface area contributed by atoms with E-state index < -0.39 is 0 Å². The summed E-state index contributed by atoms with van der Waals surface area (Å²) in [6, 6.07) is 12.1. The van der Waals surface area contributed by atoms with Gasteiger partial charge in [0.05, 0.1) is 27.6 Å². The van der Waals surface area contributed by atoms with Crippen molar-refractivity contribution in [2.45, 2.75) is 26.7 Å². The Labute approximate surface area is 221 Å². The maximum absolute atomic E-state index is 12.4. The Morgan fingerprint density at radius 3 is 2.73 bits per heavy atom. The standard InChI is InChI=1S/C27H32N8OS/c1-5-28-22-13-10-18(16-30-22)23-19-11-12-20-25(24(19)35(33-23)21-9-7-6-8-17(21)2)37-27(31-20)32-26(36)29-14-15-34(3)4/h6-10,13,16H,5,11-12,14-15H2,1-4H3,(H,28,30)(H2,29,31,32,36). The number of rotatable bonds is 8. The molecule has 1 aliphatic carbocycles. The van der Waals surface area contributed by atoms with Crippen LogP contribution in [0.5, 0.6) is 0 Å². The van der Waals surface area contributed by atoms with E-state index in [2.05, 4.69) is 53.0 Å². The number of urea groups is 1. The first-order chi connectivity index (χ1) is 17.9. The summed E-state index contributed by atoms with van der Waals surface area (Å²) in [6.07, 6.45) is 3.49. The molecule has 2 amide bonds. The van der Waals surface area contributed by atoms with Gasteiger partial charge in [0.1, 0.15) is 5.82 Å². The van der Waals surface area contributed by atoms with Crippen molar-refractivity contribution in [2.75, 3.05) is 44.4 Å². The number of thiazole rings is 1. The predicted octanol–water partition coefficient (Wildman–Crippen LogP) is 4.58. The molecule has 0 saturated carbocycles. The van der Waals surface area contributed by atoms with Crippen LogP contribution in [-0.4, -0.2) is 64.4 Å². The van der Waals surface area contributed by atoms with E-state index in [0.29, 0.717) is 11.7 Å². The van der Waals surface area contributed by atoms with Crippen molar-refractivity contribution in [3.8, 4) is 27.5 Å². The zero-order valence-corrected chi connectivity index (χ0v) is 22.4. The number of hydrogen-bond acceptors (Lipinski definition) is 7. The van der Waals surface area contributed by atoms with Gasteiger partial charge in [0.25, 0.3) is 0 Å². The highest BCUT2D eigenvalue weighted by molar-refractivity contribution is 7.19. The van der Waals surface area contributed by atoms with E-state index in [1.807, 2.05) is 48.1 Å². The number of aryl methyl sites for hydroxylation is 2. The Bertz CT molecular complexity index is 1410. The number of aromatic nitrogens is 4. The molecule has 0 atom stereocenters. The fourth-order valence-corrected chi connectivity index (χ4v) is 5.55. The quantitative estimate of drug-likeness (QED) is 0.317. The molecule has 0 fully saturated rings. The van der Waals surface area contributed by atoms with Crippen LogP contribution in [0.4, 0.5) is 15.7 Å². The number of anilines is 2. The van der Waals surface area contributed by atoms with E-state index in [1.54, 1.807) is 0 Å². The summed E-state index contributed by atoms with van der Waals surface area (Å²) in [7, 11) is 3.95. The molecular weight excluding hydrogens is 484 g/mol. The van der Waals surface area contributed by atoms with Crippen molar-refractivity contribution < 1.29 is 4.79 Å². The minimum absolute atomic E-state index is 0.242. The van der Waals surface area contributed by atoms with Crippen LogP contribution in [0, 0.1) is 6.92 Å². The van der Waals surface area contributed by atoms with Gasteiger partial charge in [-0.25, -0.2) is 19.4 Å². The molecule has 192 valence electrons. The SMILES string of the molecule is CCNc1ccc(-c2nn(-c3ccccc3C)c3c2CCc2nc(NC(=O)NCCN(C)C)sc2-3)cn1. The molecular formula is C27H32N8OS. The maximum Gasteiger partial charge on any atom is 0.321 e. The van der Waals surface area contributed by atoms with E-state index in [4.69, 9.17) is 10.1 Å². The number of amides is 2. The third kappa shape index (κ3) is 5.21. The molecule has 37 heavy (non-hydrogen) atoms. The smallest absolute Gasteiger partial charge is 0.321 e. The molecule has 0 radical (unpaired) electrons. The summed E-state index contributed by atoms with van der Waals surface area (Å²) in [5, 5.41) is 14.8. The average Bonchev–Trinajstić information content (AvgIpc) is 3.46. The van der Waals surface area contributed by atoms with Gasteiger partial charge in [-0.1, -0.05) is 29.5 Å². The first-order valence-electron chi connectivity index (χ1n) is 12.5. The molecule has 3 N–H and O–H groups in total. The van der Waals surface area contributed by atoms with Crippen molar-refractivity contribution >= 4 is 28.3 Å². The molecule has 0 spiro atoms. The van der Waals surface area contributed by atoms with Crippen molar-refractivity contribution in [1.82, 2.24) is 30.0 Å². The minimum atomic E-state index is -0.242. The molecule has 5 rings (SSSR count). The second-order valence-corrected chi connectivity index (χ2v) is 10.3. The zero-order valence-electron chi connectivity index (χ0n) is 21.6. The Morgan fingerprint density at radius 1 is 1.16 bits per heavy atom. The van der Waals surface area contributed by atoms with Crippen LogP contribution in [0.25, 0.3) is 27.5 Å². The van der Waals surface area contributed by atoms with Gasteiger partial charge < -0.3 is 15.5 Å². The van der Waals surface area contributed by atoms with Gasteiger partial charge in [-0.2, -0.15) is 5.10 Å².